The zero-order valence-electron chi connectivity index (χ0n) is 15.6. The van der Waals surface area contributed by atoms with Crippen molar-refractivity contribution in [1.29, 1.82) is 5.41 Å². The van der Waals surface area contributed by atoms with Crippen LogP contribution in [0.25, 0.3) is 17.0 Å². The van der Waals surface area contributed by atoms with E-state index in [1.807, 2.05) is 17.1 Å². The first kappa shape index (κ1) is 19.6. The summed E-state index contributed by atoms with van der Waals surface area (Å²) in [6.45, 7) is 12.3. The van der Waals surface area contributed by atoms with E-state index >= 15 is 0 Å². The van der Waals surface area contributed by atoms with Gasteiger partial charge in [-0.05, 0) is 18.8 Å². The first-order valence-corrected chi connectivity index (χ1v) is 10.4. The molecule has 27 heavy (non-hydrogen) atoms. The minimum atomic E-state index is -0.508. The molecular weight excluding hydrogens is 384 g/mol. The van der Waals surface area contributed by atoms with Gasteiger partial charge in [0.05, 0.1) is 6.20 Å². The van der Waals surface area contributed by atoms with E-state index in [4.69, 9.17) is 5.41 Å². The van der Waals surface area contributed by atoms with Crippen molar-refractivity contribution < 1.29 is 4.92 Å². The van der Waals surface area contributed by atoms with Crippen molar-refractivity contribution in [2.45, 2.75) is 50.3 Å². The Kier molecular flexibility index (Phi) is 5.38. The quantitative estimate of drug-likeness (QED) is 0.357. The summed E-state index contributed by atoms with van der Waals surface area (Å²) in [5, 5.41) is 23.0. The molecule has 0 aromatic carbocycles. The molecule has 1 aliphatic heterocycles. The Labute approximate surface area is 166 Å². The molecule has 3 heterocycles. The van der Waals surface area contributed by atoms with Gasteiger partial charge in [0, 0.05) is 28.0 Å². The Bertz CT molecular complexity index is 878. The number of thioether (sulfide) groups is 1. The maximum Gasteiger partial charge on any atom is 0.347 e. The molecule has 2 aromatic rings. The average molecular weight is 407 g/mol. The number of aromatic nitrogens is 3. The highest BCUT2D eigenvalue weighted by Gasteiger charge is 2.37. The largest absolute Gasteiger partial charge is 0.358 e. The molecule has 0 spiro atoms. The van der Waals surface area contributed by atoms with Gasteiger partial charge in [-0.1, -0.05) is 20.4 Å². The summed E-state index contributed by atoms with van der Waals surface area (Å²) < 4.78 is 1.30. The number of nitrogens with one attached hydrogen (secondary N) is 1. The lowest BCUT2D eigenvalue weighted by Crippen LogP contribution is -2.55. The third-order valence-electron chi connectivity index (χ3n) is 5.01. The molecule has 8 nitrogen and oxygen atoms in total. The van der Waals surface area contributed by atoms with Crippen LogP contribution in [0.3, 0.4) is 0 Å². The Morgan fingerprint density at radius 3 is 2.52 bits per heavy atom. The molecule has 1 N–H and O–H groups in total. The van der Waals surface area contributed by atoms with E-state index in [0.717, 1.165) is 0 Å². The Morgan fingerprint density at radius 2 is 1.96 bits per heavy atom. The van der Waals surface area contributed by atoms with E-state index < -0.39 is 4.92 Å². The summed E-state index contributed by atoms with van der Waals surface area (Å²) in [4.78, 5) is 21.4. The van der Waals surface area contributed by atoms with E-state index in [2.05, 4.69) is 49.1 Å². The van der Waals surface area contributed by atoms with Gasteiger partial charge in [-0.2, -0.15) is 16.3 Å². The second kappa shape index (κ2) is 7.43. The standard InChI is InChI=1S/C17H22N6O2S2/c1-6-21-14(23(24)25)7-19-16(21)17-20-13(8-26-17)15(18)22-9(2)11(4)27-12(5)10(22)3/h6-12,18H,1H2,2-5H3. The van der Waals surface area contributed by atoms with Crippen LogP contribution in [-0.4, -0.2) is 52.8 Å². The molecular formula is C17H22N6O2S2. The van der Waals surface area contributed by atoms with E-state index in [9.17, 15) is 10.1 Å². The van der Waals surface area contributed by atoms with Gasteiger partial charge in [-0.25, -0.2) is 9.97 Å². The van der Waals surface area contributed by atoms with E-state index in [0.29, 0.717) is 32.9 Å². The first-order chi connectivity index (χ1) is 12.8. The molecule has 1 aliphatic rings. The van der Waals surface area contributed by atoms with Crippen molar-refractivity contribution in [2.24, 2.45) is 0 Å². The highest BCUT2D eigenvalue weighted by atomic mass is 32.2. The lowest BCUT2D eigenvalue weighted by Gasteiger charge is -2.46. The van der Waals surface area contributed by atoms with Gasteiger partial charge < -0.3 is 15.0 Å². The molecule has 1 fully saturated rings. The Hall–Kier alpha value is -2.20. The van der Waals surface area contributed by atoms with Crippen LogP contribution >= 0.6 is 23.1 Å². The second-order valence-corrected chi connectivity index (χ2v) is 9.19. The van der Waals surface area contributed by atoms with E-state index in [1.165, 1.54) is 28.3 Å². The number of hydrogen-bond acceptors (Lipinski definition) is 7. The fourth-order valence-electron chi connectivity index (χ4n) is 3.24. The van der Waals surface area contributed by atoms with Crippen LogP contribution in [0, 0.1) is 15.5 Å². The first-order valence-electron chi connectivity index (χ1n) is 8.59. The van der Waals surface area contributed by atoms with Crippen molar-refractivity contribution in [3.05, 3.63) is 34.0 Å². The Balaban J connectivity index is 1.93. The van der Waals surface area contributed by atoms with Crippen molar-refractivity contribution in [2.75, 3.05) is 0 Å². The van der Waals surface area contributed by atoms with Crippen LogP contribution in [0.4, 0.5) is 5.82 Å². The van der Waals surface area contributed by atoms with Gasteiger partial charge in [0.2, 0.25) is 0 Å². The molecule has 4 unspecified atom stereocenters. The average Bonchev–Trinajstić information content (AvgIpc) is 3.26. The van der Waals surface area contributed by atoms with Crippen LogP contribution in [0.15, 0.2) is 18.2 Å². The third-order valence-corrected chi connectivity index (χ3v) is 7.49. The normalized spacial score (nSPS) is 25.4. The molecule has 0 bridgehead atoms. The zero-order chi connectivity index (χ0) is 19.9. The maximum absolute atomic E-state index is 11.1. The summed E-state index contributed by atoms with van der Waals surface area (Å²) >= 11 is 3.26. The second-order valence-electron chi connectivity index (χ2n) is 6.57. The summed E-state index contributed by atoms with van der Waals surface area (Å²) in [6, 6.07) is 0.435. The van der Waals surface area contributed by atoms with E-state index in [1.54, 1.807) is 0 Å². The number of rotatable bonds is 4. The van der Waals surface area contributed by atoms with Crippen molar-refractivity contribution >= 4 is 41.0 Å². The summed E-state index contributed by atoms with van der Waals surface area (Å²) in [7, 11) is 0. The predicted octanol–water partition coefficient (Wildman–Crippen LogP) is 3.94. The fraction of sp³-hybridized carbons (Fsp3) is 0.471. The summed E-state index contributed by atoms with van der Waals surface area (Å²) in [6.07, 6.45) is 2.54. The van der Waals surface area contributed by atoms with E-state index in [-0.39, 0.29) is 17.9 Å². The molecule has 4 atom stereocenters. The monoisotopic (exact) mass is 406 g/mol. The Morgan fingerprint density at radius 1 is 1.33 bits per heavy atom. The SMILES string of the molecule is C=Cn1c([N+](=O)[O-])cnc1-c1nc(C(=N)N2C(C)C(C)SC(C)C2C)cs1. The zero-order valence-corrected chi connectivity index (χ0v) is 17.3. The van der Waals surface area contributed by atoms with Crippen molar-refractivity contribution in [3.63, 3.8) is 0 Å². The smallest absolute Gasteiger partial charge is 0.347 e. The molecule has 3 rings (SSSR count). The minimum absolute atomic E-state index is 0.162. The van der Waals surface area contributed by atoms with Gasteiger partial charge in [-0.15, -0.1) is 11.3 Å². The van der Waals surface area contributed by atoms with Crippen molar-refractivity contribution in [1.82, 2.24) is 19.4 Å². The molecule has 144 valence electrons. The lowest BCUT2D eigenvalue weighted by atomic mass is 10.1. The van der Waals surface area contributed by atoms with Crippen LogP contribution < -0.4 is 0 Å². The number of nitrogens with zero attached hydrogens (tertiary/aromatic N) is 5. The highest BCUT2D eigenvalue weighted by molar-refractivity contribution is 8.00. The molecule has 1 saturated heterocycles. The maximum atomic E-state index is 11.1. The number of imidazole rings is 1. The number of hydrogen-bond donors (Lipinski definition) is 1. The molecule has 0 amide bonds. The van der Waals surface area contributed by atoms with Crippen LogP contribution in [0.1, 0.15) is 33.4 Å². The molecule has 0 saturated carbocycles. The van der Waals surface area contributed by atoms with Crippen LogP contribution in [0.2, 0.25) is 0 Å². The number of amidine groups is 1. The lowest BCUT2D eigenvalue weighted by molar-refractivity contribution is -0.390. The number of nitro groups is 1. The predicted molar refractivity (Wildman–Crippen MR) is 110 cm³/mol. The van der Waals surface area contributed by atoms with Gasteiger partial charge in [0.25, 0.3) is 5.82 Å². The van der Waals surface area contributed by atoms with Crippen molar-refractivity contribution in [3.8, 4) is 10.8 Å². The fourth-order valence-corrected chi connectivity index (χ4v) is 5.43. The topological polar surface area (TPSA) is 101 Å². The van der Waals surface area contributed by atoms with Crippen LogP contribution in [0.5, 0.6) is 0 Å². The molecule has 10 heteroatoms. The van der Waals surface area contributed by atoms with Gasteiger partial charge >= 0.3 is 5.82 Å². The third kappa shape index (κ3) is 3.39. The van der Waals surface area contributed by atoms with Gasteiger partial charge in [-0.3, -0.25) is 5.41 Å². The minimum Gasteiger partial charge on any atom is -0.358 e. The molecule has 2 aromatic heterocycles. The molecule has 0 radical (unpaired) electrons. The van der Waals surface area contributed by atoms with Gasteiger partial charge in [0.1, 0.15) is 17.7 Å². The molecule has 0 aliphatic carbocycles. The van der Waals surface area contributed by atoms with Crippen LogP contribution in [-0.2, 0) is 0 Å². The highest BCUT2D eigenvalue weighted by Crippen LogP contribution is 2.35. The number of thiazole rings is 1. The summed E-state index contributed by atoms with van der Waals surface area (Å²) in [5.41, 5.74) is 0.557. The van der Waals surface area contributed by atoms with Gasteiger partial charge in [0.15, 0.2) is 5.01 Å². The summed E-state index contributed by atoms with van der Waals surface area (Å²) in [5.74, 6) is 0.574.